The summed E-state index contributed by atoms with van der Waals surface area (Å²) < 4.78 is 13.8. The zero-order valence-corrected chi connectivity index (χ0v) is 9.32. The first kappa shape index (κ1) is 9.09. The van der Waals surface area contributed by atoms with Gasteiger partial charge >= 0.3 is 0 Å². The average molecular weight is 260 g/mol. The Hall–Kier alpha value is -0.480. The van der Waals surface area contributed by atoms with Crippen LogP contribution in [0.5, 0.6) is 0 Å². The quantitative estimate of drug-likeness (QED) is 0.709. The summed E-state index contributed by atoms with van der Waals surface area (Å²) in [6.45, 7) is 2.01. The molecule has 0 fully saturated rings. The molecule has 0 aliphatic rings. The van der Waals surface area contributed by atoms with Crippen molar-refractivity contribution in [3.63, 3.8) is 0 Å². The molecule has 1 nitrogen and oxygen atoms in total. The summed E-state index contributed by atoms with van der Waals surface area (Å²) in [6.07, 6.45) is 0. The molecular weight excluding hydrogens is 253 g/mol. The molecule has 13 heavy (non-hydrogen) atoms. The fourth-order valence-electron chi connectivity index (χ4n) is 1.09. The highest BCUT2D eigenvalue weighted by Crippen LogP contribution is 2.30. The van der Waals surface area contributed by atoms with Crippen LogP contribution < -0.4 is 0 Å². The Balaban J connectivity index is 2.62. The predicted octanol–water partition coefficient (Wildman–Crippen LogP) is 3.89. The highest BCUT2D eigenvalue weighted by molar-refractivity contribution is 9.09. The van der Waals surface area contributed by atoms with Gasteiger partial charge in [0.2, 0.25) is 0 Å². The number of thiazole rings is 1. The lowest BCUT2D eigenvalue weighted by Crippen LogP contribution is -1.79. The Kier molecular flexibility index (Phi) is 2.34. The number of nitrogens with zero attached hydrogens (tertiary/aromatic N) is 1. The van der Waals surface area contributed by atoms with Crippen LogP contribution in [-0.2, 0) is 0 Å². The molecule has 4 heteroatoms. The predicted molar refractivity (Wildman–Crippen MR) is 56.9 cm³/mol. The molecule has 0 aliphatic heterocycles. The largest absolute Gasteiger partial charge is 0.240 e. The molecule has 1 heterocycles. The van der Waals surface area contributed by atoms with Crippen LogP contribution >= 0.6 is 27.3 Å². The smallest absolute Gasteiger partial charge is 0.125 e. The Labute approximate surface area is 87.7 Å². The standard InChI is InChI=1S/C9H7BrFNS/c1-5(10)9-12-7-4-6(11)2-3-8(7)13-9/h2-5H,1H3. The molecule has 0 bridgehead atoms. The SMILES string of the molecule is CC(Br)c1nc2cc(F)ccc2s1. The van der Waals surface area contributed by atoms with Crippen LogP contribution in [0.4, 0.5) is 4.39 Å². The molecule has 0 saturated carbocycles. The summed E-state index contributed by atoms with van der Waals surface area (Å²) in [5.74, 6) is -0.230. The molecule has 1 aromatic heterocycles. The van der Waals surface area contributed by atoms with E-state index in [9.17, 15) is 4.39 Å². The van der Waals surface area contributed by atoms with E-state index in [0.29, 0.717) is 0 Å². The Morgan fingerprint density at radius 1 is 1.54 bits per heavy atom. The highest BCUT2D eigenvalue weighted by Gasteiger charge is 2.08. The van der Waals surface area contributed by atoms with E-state index >= 15 is 0 Å². The normalized spacial score (nSPS) is 13.5. The van der Waals surface area contributed by atoms with Crippen LogP contribution in [0, 0.1) is 5.82 Å². The van der Waals surface area contributed by atoms with Gasteiger partial charge in [0, 0.05) is 6.07 Å². The van der Waals surface area contributed by atoms with Gasteiger partial charge in [-0.3, -0.25) is 0 Å². The Morgan fingerprint density at radius 2 is 2.31 bits per heavy atom. The molecule has 0 aliphatic carbocycles. The number of benzene rings is 1. The van der Waals surface area contributed by atoms with Crippen molar-refractivity contribution in [2.75, 3.05) is 0 Å². The second-order valence-electron chi connectivity index (χ2n) is 2.78. The summed E-state index contributed by atoms with van der Waals surface area (Å²) in [5, 5.41) is 0.987. The Morgan fingerprint density at radius 3 is 3.00 bits per heavy atom. The zero-order chi connectivity index (χ0) is 9.42. The van der Waals surface area contributed by atoms with Crippen molar-refractivity contribution in [2.24, 2.45) is 0 Å². The molecule has 0 spiro atoms. The van der Waals surface area contributed by atoms with Crippen molar-refractivity contribution in [2.45, 2.75) is 11.8 Å². The average Bonchev–Trinajstić information content (AvgIpc) is 2.46. The highest BCUT2D eigenvalue weighted by atomic mass is 79.9. The number of halogens is 2. The van der Waals surface area contributed by atoms with Crippen LogP contribution in [0.15, 0.2) is 18.2 Å². The summed E-state index contributed by atoms with van der Waals surface area (Å²) >= 11 is 5.02. The van der Waals surface area contributed by atoms with E-state index in [0.717, 1.165) is 15.2 Å². The first-order valence-corrected chi connectivity index (χ1v) is 5.60. The van der Waals surface area contributed by atoms with Crippen molar-refractivity contribution < 1.29 is 4.39 Å². The Bertz CT molecular complexity index is 438. The lowest BCUT2D eigenvalue weighted by Gasteiger charge is -1.92. The molecule has 1 unspecified atom stereocenters. The summed E-state index contributed by atoms with van der Waals surface area (Å²) in [6, 6.07) is 4.69. The van der Waals surface area contributed by atoms with Gasteiger partial charge in [-0.2, -0.15) is 0 Å². The van der Waals surface area contributed by atoms with Crippen LogP contribution in [0.3, 0.4) is 0 Å². The minimum Gasteiger partial charge on any atom is -0.240 e. The fourth-order valence-corrected chi connectivity index (χ4v) is 2.35. The number of rotatable bonds is 1. The maximum absolute atomic E-state index is 12.8. The topological polar surface area (TPSA) is 12.9 Å². The van der Waals surface area contributed by atoms with Gasteiger partial charge in [-0.15, -0.1) is 11.3 Å². The van der Waals surface area contributed by atoms with Gasteiger partial charge in [0.25, 0.3) is 0 Å². The van der Waals surface area contributed by atoms with Crippen molar-refractivity contribution in [1.82, 2.24) is 4.98 Å². The summed E-state index contributed by atoms with van der Waals surface area (Å²) in [4.78, 5) is 4.53. The third kappa shape index (κ3) is 1.74. The van der Waals surface area contributed by atoms with Crippen LogP contribution in [0.25, 0.3) is 10.2 Å². The van der Waals surface area contributed by atoms with E-state index < -0.39 is 0 Å². The minimum atomic E-state index is -0.230. The van der Waals surface area contributed by atoms with E-state index in [1.165, 1.54) is 12.1 Å². The maximum atomic E-state index is 12.8. The van der Waals surface area contributed by atoms with Crippen molar-refractivity contribution in [3.8, 4) is 0 Å². The van der Waals surface area contributed by atoms with E-state index in [1.807, 2.05) is 6.92 Å². The van der Waals surface area contributed by atoms with Gasteiger partial charge in [0.15, 0.2) is 0 Å². The van der Waals surface area contributed by atoms with Gasteiger partial charge < -0.3 is 0 Å². The lowest BCUT2D eigenvalue weighted by molar-refractivity contribution is 0.629. The number of hydrogen-bond acceptors (Lipinski definition) is 2. The number of fused-ring (bicyclic) bond motifs is 1. The zero-order valence-electron chi connectivity index (χ0n) is 6.92. The van der Waals surface area contributed by atoms with Gasteiger partial charge in [0.05, 0.1) is 15.0 Å². The molecular formula is C9H7BrFNS. The van der Waals surface area contributed by atoms with Gasteiger partial charge in [-0.25, -0.2) is 9.37 Å². The molecule has 0 radical (unpaired) electrons. The van der Waals surface area contributed by atoms with Crippen molar-refractivity contribution >= 4 is 37.5 Å². The number of alkyl halides is 1. The first-order chi connectivity index (χ1) is 6.16. The van der Waals surface area contributed by atoms with Crippen LogP contribution in [-0.4, -0.2) is 4.98 Å². The van der Waals surface area contributed by atoms with E-state index in [1.54, 1.807) is 17.4 Å². The summed E-state index contributed by atoms with van der Waals surface area (Å²) in [7, 11) is 0. The number of hydrogen-bond donors (Lipinski definition) is 0. The number of aromatic nitrogens is 1. The maximum Gasteiger partial charge on any atom is 0.125 e. The first-order valence-electron chi connectivity index (χ1n) is 3.87. The van der Waals surface area contributed by atoms with Gasteiger partial charge in [0.1, 0.15) is 10.8 Å². The van der Waals surface area contributed by atoms with E-state index in [2.05, 4.69) is 20.9 Å². The third-order valence-electron chi connectivity index (χ3n) is 1.71. The van der Waals surface area contributed by atoms with Gasteiger partial charge in [-0.05, 0) is 19.1 Å². The third-order valence-corrected chi connectivity index (χ3v) is 3.66. The molecule has 68 valence electrons. The lowest BCUT2D eigenvalue weighted by atomic mass is 10.3. The molecule has 0 saturated heterocycles. The van der Waals surface area contributed by atoms with Crippen LogP contribution in [0.1, 0.15) is 16.8 Å². The minimum absolute atomic E-state index is 0.230. The van der Waals surface area contributed by atoms with E-state index in [4.69, 9.17) is 0 Å². The second-order valence-corrected chi connectivity index (χ2v) is 5.22. The molecule has 1 atom stereocenters. The molecule has 1 aromatic carbocycles. The van der Waals surface area contributed by atoms with Crippen molar-refractivity contribution in [3.05, 3.63) is 29.0 Å². The van der Waals surface area contributed by atoms with Crippen LogP contribution in [0.2, 0.25) is 0 Å². The molecule has 2 rings (SSSR count). The second kappa shape index (κ2) is 3.35. The fraction of sp³-hybridized carbons (Fsp3) is 0.222. The molecule has 0 amide bonds. The van der Waals surface area contributed by atoms with Crippen molar-refractivity contribution in [1.29, 1.82) is 0 Å². The van der Waals surface area contributed by atoms with Gasteiger partial charge in [-0.1, -0.05) is 15.9 Å². The molecule has 2 aromatic rings. The monoisotopic (exact) mass is 259 g/mol. The molecule has 0 N–H and O–H groups in total. The van der Waals surface area contributed by atoms with E-state index in [-0.39, 0.29) is 10.6 Å². The summed E-state index contributed by atoms with van der Waals surface area (Å²) in [5.41, 5.74) is 0.742.